The van der Waals surface area contributed by atoms with Gasteiger partial charge in [-0.2, -0.15) is 0 Å². The molecule has 1 aromatic rings. The topological polar surface area (TPSA) is 30.5 Å². The van der Waals surface area contributed by atoms with Crippen LogP contribution in [0.2, 0.25) is 0 Å². The van der Waals surface area contributed by atoms with E-state index in [2.05, 4.69) is 12.2 Å². The van der Waals surface area contributed by atoms with E-state index in [0.717, 1.165) is 44.8 Å². The summed E-state index contributed by atoms with van der Waals surface area (Å²) in [5.74, 6) is 0.887. The van der Waals surface area contributed by atoms with Gasteiger partial charge in [-0.1, -0.05) is 12.1 Å². The van der Waals surface area contributed by atoms with E-state index < -0.39 is 0 Å². The normalized spacial score (nSPS) is 30.7. The quantitative estimate of drug-likeness (QED) is 0.905. The lowest BCUT2D eigenvalue weighted by Crippen LogP contribution is -2.37. The van der Waals surface area contributed by atoms with Gasteiger partial charge in [0.15, 0.2) is 0 Å². The zero-order valence-electron chi connectivity index (χ0n) is 12.6. The van der Waals surface area contributed by atoms with Crippen molar-refractivity contribution in [3.63, 3.8) is 0 Å². The molecule has 2 saturated heterocycles. The standard InChI is InChI=1S/C17H24FNO2/c1-12(15-6-8-20-11-15)19-10-14-7-9-21-17(14)13-2-4-16(18)5-3-13/h2-5,12,14-15,17,19H,6-11H2,1H3/t12?,14-,15?,17-/m0/s1. The van der Waals surface area contributed by atoms with E-state index in [9.17, 15) is 4.39 Å². The highest BCUT2D eigenvalue weighted by Gasteiger charge is 2.30. The number of ether oxygens (including phenoxy) is 2. The third-order valence-corrected chi connectivity index (χ3v) is 4.79. The van der Waals surface area contributed by atoms with Crippen molar-refractivity contribution in [3.05, 3.63) is 35.6 Å². The Balaban J connectivity index is 1.55. The molecule has 0 bridgehead atoms. The van der Waals surface area contributed by atoms with Crippen LogP contribution in [0.15, 0.2) is 24.3 Å². The first kappa shape index (κ1) is 14.9. The van der Waals surface area contributed by atoms with Crippen molar-refractivity contribution in [3.8, 4) is 0 Å². The lowest BCUT2D eigenvalue weighted by molar-refractivity contribution is 0.0890. The molecule has 0 amide bonds. The monoisotopic (exact) mass is 293 g/mol. The van der Waals surface area contributed by atoms with Crippen LogP contribution in [-0.2, 0) is 9.47 Å². The number of hydrogen-bond donors (Lipinski definition) is 1. The average Bonchev–Trinajstić information content (AvgIpc) is 3.17. The number of rotatable bonds is 5. The summed E-state index contributed by atoms with van der Waals surface area (Å²) in [6.45, 7) is 5.73. The smallest absolute Gasteiger partial charge is 0.123 e. The minimum atomic E-state index is -0.193. The molecular formula is C17H24FNO2. The fraction of sp³-hybridized carbons (Fsp3) is 0.647. The van der Waals surface area contributed by atoms with Crippen LogP contribution in [-0.4, -0.2) is 32.4 Å². The lowest BCUT2D eigenvalue weighted by Gasteiger charge is -2.24. The Kier molecular flexibility index (Phi) is 4.88. The molecule has 0 aromatic heterocycles. The van der Waals surface area contributed by atoms with Gasteiger partial charge in [0.2, 0.25) is 0 Å². The molecule has 1 N–H and O–H groups in total. The maximum Gasteiger partial charge on any atom is 0.123 e. The van der Waals surface area contributed by atoms with Crippen molar-refractivity contribution in [2.75, 3.05) is 26.4 Å². The fourth-order valence-electron chi connectivity index (χ4n) is 3.31. The van der Waals surface area contributed by atoms with E-state index in [0.29, 0.717) is 17.9 Å². The van der Waals surface area contributed by atoms with Gasteiger partial charge in [-0.05, 0) is 43.4 Å². The Hall–Kier alpha value is -0.970. The molecule has 0 radical (unpaired) electrons. The second-order valence-electron chi connectivity index (χ2n) is 6.21. The summed E-state index contributed by atoms with van der Waals surface area (Å²) in [6, 6.07) is 7.18. The predicted octanol–water partition coefficient (Wildman–Crippen LogP) is 2.92. The largest absolute Gasteiger partial charge is 0.381 e. The second-order valence-corrected chi connectivity index (χ2v) is 6.21. The van der Waals surface area contributed by atoms with Crippen molar-refractivity contribution >= 4 is 0 Å². The Labute approximate surface area is 125 Å². The molecule has 21 heavy (non-hydrogen) atoms. The average molecular weight is 293 g/mol. The van der Waals surface area contributed by atoms with Crippen LogP contribution in [0, 0.1) is 17.7 Å². The van der Waals surface area contributed by atoms with Gasteiger partial charge in [0, 0.05) is 31.7 Å². The number of hydrogen-bond acceptors (Lipinski definition) is 3. The van der Waals surface area contributed by atoms with Gasteiger partial charge in [-0.3, -0.25) is 0 Å². The van der Waals surface area contributed by atoms with Gasteiger partial charge in [0.05, 0.1) is 12.7 Å². The molecule has 0 saturated carbocycles. The maximum atomic E-state index is 13.0. The van der Waals surface area contributed by atoms with E-state index in [4.69, 9.17) is 9.47 Å². The molecule has 116 valence electrons. The third kappa shape index (κ3) is 3.62. The number of nitrogens with one attached hydrogen (secondary N) is 1. The van der Waals surface area contributed by atoms with Crippen LogP contribution in [0.1, 0.15) is 31.4 Å². The molecule has 0 aliphatic carbocycles. The molecule has 4 atom stereocenters. The first-order chi connectivity index (χ1) is 10.2. The van der Waals surface area contributed by atoms with Crippen LogP contribution < -0.4 is 5.32 Å². The summed E-state index contributed by atoms with van der Waals surface area (Å²) < 4.78 is 24.3. The Morgan fingerprint density at radius 1 is 1.24 bits per heavy atom. The van der Waals surface area contributed by atoms with Crippen molar-refractivity contribution in [2.45, 2.75) is 31.9 Å². The summed E-state index contributed by atoms with van der Waals surface area (Å²) in [7, 11) is 0. The zero-order valence-corrected chi connectivity index (χ0v) is 12.6. The van der Waals surface area contributed by atoms with Gasteiger partial charge >= 0.3 is 0 Å². The third-order valence-electron chi connectivity index (χ3n) is 4.79. The van der Waals surface area contributed by atoms with Crippen LogP contribution in [0.4, 0.5) is 4.39 Å². The van der Waals surface area contributed by atoms with E-state index >= 15 is 0 Å². The number of benzene rings is 1. The zero-order chi connectivity index (χ0) is 14.7. The van der Waals surface area contributed by atoms with Gasteiger partial charge in [0.25, 0.3) is 0 Å². The van der Waals surface area contributed by atoms with Crippen molar-refractivity contribution in [2.24, 2.45) is 11.8 Å². The van der Waals surface area contributed by atoms with E-state index in [1.807, 2.05) is 12.1 Å². The molecule has 2 heterocycles. The molecular weight excluding hydrogens is 269 g/mol. The van der Waals surface area contributed by atoms with E-state index in [1.54, 1.807) is 0 Å². The van der Waals surface area contributed by atoms with Crippen LogP contribution >= 0.6 is 0 Å². The minimum Gasteiger partial charge on any atom is -0.381 e. The van der Waals surface area contributed by atoms with Gasteiger partial charge in [0.1, 0.15) is 5.82 Å². The molecule has 0 spiro atoms. The Morgan fingerprint density at radius 3 is 2.76 bits per heavy atom. The highest BCUT2D eigenvalue weighted by Crippen LogP contribution is 2.34. The van der Waals surface area contributed by atoms with Gasteiger partial charge in [-0.25, -0.2) is 4.39 Å². The maximum absolute atomic E-state index is 13.0. The van der Waals surface area contributed by atoms with Gasteiger partial charge in [-0.15, -0.1) is 0 Å². The molecule has 3 rings (SSSR count). The minimum absolute atomic E-state index is 0.0881. The Morgan fingerprint density at radius 2 is 2.05 bits per heavy atom. The van der Waals surface area contributed by atoms with Crippen LogP contribution in [0.5, 0.6) is 0 Å². The van der Waals surface area contributed by atoms with E-state index in [1.165, 1.54) is 12.1 Å². The second kappa shape index (κ2) is 6.86. The van der Waals surface area contributed by atoms with Crippen molar-refractivity contribution in [1.29, 1.82) is 0 Å². The summed E-state index contributed by atoms with van der Waals surface area (Å²) in [4.78, 5) is 0. The highest BCUT2D eigenvalue weighted by molar-refractivity contribution is 5.20. The van der Waals surface area contributed by atoms with Crippen LogP contribution in [0.3, 0.4) is 0 Å². The molecule has 3 nitrogen and oxygen atoms in total. The molecule has 2 aliphatic heterocycles. The molecule has 4 heteroatoms. The predicted molar refractivity (Wildman–Crippen MR) is 79.6 cm³/mol. The molecule has 2 aliphatic rings. The van der Waals surface area contributed by atoms with Crippen LogP contribution in [0.25, 0.3) is 0 Å². The summed E-state index contributed by atoms with van der Waals surface area (Å²) in [6.07, 6.45) is 2.30. The molecule has 1 aromatic carbocycles. The summed E-state index contributed by atoms with van der Waals surface area (Å²) in [5, 5.41) is 3.64. The Bertz CT molecular complexity index is 445. The van der Waals surface area contributed by atoms with E-state index in [-0.39, 0.29) is 11.9 Å². The molecule has 2 fully saturated rings. The molecule has 2 unspecified atom stereocenters. The first-order valence-electron chi connectivity index (χ1n) is 7.92. The highest BCUT2D eigenvalue weighted by atomic mass is 19.1. The first-order valence-corrected chi connectivity index (χ1v) is 7.92. The number of halogens is 1. The fourth-order valence-corrected chi connectivity index (χ4v) is 3.31. The van der Waals surface area contributed by atoms with Gasteiger partial charge < -0.3 is 14.8 Å². The summed E-state index contributed by atoms with van der Waals surface area (Å²) >= 11 is 0. The van der Waals surface area contributed by atoms with Crippen molar-refractivity contribution < 1.29 is 13.9 Å². The summed E-state index contributed by atoms with van der Waals surface area (Å²) in [5.41, 5.74) is 1.08. The van der Waals surface area contributed by atoms with Crippen molar-refractivity contribution in [1.82, 2.24) is 5.32 Å². The lowest BCUT2D eigenvalue weighted by atomic mass is 9.94. The SMILES string of the molecule is CC(NC[C@@H]1CCO[C@H]1c1ccc(F)cc1)C1CCOC1.